The number of unbranched alkanes of at least 4 members (excludes halogenated alkanes) is 1. The van der Waals surface area contributed by atoms with Gasteiger partial charge in [0.25, 0.3) is 0 Å². The third-order valence-corrected chi connectivity index (χ3v) is 3.18. The Bertz CT molecular complexity index is 519. The minimum absolute atomic E-state index is 0.436. The van der Waals surface area contributed by atoms with Gasteiger partial charge in [-0.05, 0) is 12.0 Å². The van der Waals surface area contributed by atoms with Crippen molar-refractivity contribution in [2.45, 2.75) is 38.3 Å². The number of nitrogens with one attached hydrogen (secondary N) is 2. The van der Waals surface area contributed by atoms with Gasteiger partial charge in [-0.2, -0.15) is 0 Å². The van der Waals surface area contributed by atoms with Crippen molar-refractivity contribution < 1.29 is 14.4 Å². The molecule has 0 heterocycles. The number of urea groups is 1. The number of amides is 4. The summed E-state index contributed by atoms with van der Waals surface area (Å²) in [5.74, 6) is -1.16. The van der Waals surface area contributed by atoms with E-state index in [1.165, 1.54) is 0 Å². The van der Waals surface area contributed by atoms with E-state index < -0.39 is 29.9 Å². The number of carbonyl (C=O) groups is 3. The molecule has 6 N–H and O–H groups in total. The van der Waals surface area contributed by atoms with Crippen LogP contribution < -0.4 is 22.1 Å². The molecule has 120 valence electrons. The van der Waals surface area contributed by atoms with E-state index >= 15 is 0 Å². The Hall–Kier alpha value is -2.57. The van der Waals surface area contributed by atoms with Crippen molar-refractivity contribution >= 4 is 17.8 Å². The second-order valence-corrected chi connectivity index (χ2v) is 4.96. The predicted molar refractivity (Wildman–Crippen MR) is 82.6 cm³/mol. The minimum atomic E-state index is -0.951. The number of hydrogen-bond acceptors (Lipinski definition) is 3. The number of rotatable bonds is 8. The van der Waals surface area contributed by atoms with Crippen LogP contribution in [0.4, 0.5) is 4.79 Å². The molecule has 0 aliphatic heterocycles. The van der Waals surface area contributed by atoms with Crippen LogP contribution in [0.15, 0.2) is 30.3 Å². The summed E-state index contributed by atoms with van der Waals surface area (Å²) in [4.78, 5) is 34.9. The summed E-state index contributed by atoms with van der Waals surface area (Å²) in [6.07, 6.45) is 2.04. The van der Waals surface area contributed by atoms with E-state index in [1.807, 2.05) is 6.92 Å². The van der Waals surface area contributed by atoms with Gasteiger partial charge in [-0.1, -0.05) is 50.1 Å². The molecule has 1 rings (SSSR count). The van der Waals surface area contributed by atoms with Gasteiger partial charge in [0.15, 0.2) is 0 Å². The fraction of sp³-hybridized carbons (Fsp3) is 0.400. The van der Waals surface area contributed by atoms with Gasteiger partial charge in [-0.3, -0.25) is 9.59 Å². The molecule has 1 aromatic rings. The van der Waals surface area contributed by atoms with E-state index in [4.69, 9.17) is 11.5 Å². The van der Waals surface area contributed by atoms with Crippen LogP contribution in [0.5, 0.6) is 0 Å². The lowest BCUT2D eigenvalue weighted by atomic mass is 10.0. The SMILES string of the molecule is CCCC[C@H](NC(N)=O)C(=O)N[C@@H](C(N)=O)c1ccccc1. The van der Waals surface area contributed by atoms with Crippen molar-refractivity contribution in [2.24, 2.45) is 11.5 Å². The van der Waals surface area contributed by atoms with Crippen LogP contribution in [0, 0.1) is 0 Å². The molecule has 0 saturated carbocycles. The van der Waals surface area contributed by atoms with Crippen LogP contribution in [-0.4, -0.2) is 23.9 Å². The summed E-state index contributed by atoms with van der Waals surface area (Å²) in [5, 5.41) is 4.95. The third kappa shape index (κ3) is 5.43. The van der Waals surface area contributed by atoms with E-state index in [9.17, 15) is 14.4 Å². The molecule has 1 aromatic carbocycles. The molecule has 0 saturated heterocycles. The molecule has 0 aliphatic rings. The summed E-state index contributed by atoms with van der Waals surface area (Å²) in [5.41, 5.74) is 11.0. The summed E-state index contributed by atoms with van der Waals surface area (Å²) in [6.45, 7) is 1.97. The number of benzene rings is 1. The molecule has 0 spiro atoms. The van der Waals surface area contributed by atoms with Crippen molar-refractivity contribution in [2.75, 3.05) is 0 Å². The zero-order valence-electron chi connectivity index (χ0n) is 12.5. The summed E-state index contributed by atoms with van der Waals surface area (Å²) >= 11 is 0. The Morgan fingerprint density at radius 1 is 1.09 bits per heavy atom. The Labute approximate surface area is 129 Å². The maximum Gasteiger partial charge on any atom is 0.312 e. The molecule has 0 unspecified atom stereocenters. The number of carbonyl (C=O) groups excluding carboxylic acids is 3. The molecule has 0 fully saturated rings. The maximum absolute atomic E-state index is 12.3. The van der Waals surface area contributed by atoms with Crippen LogP contribution in [0.3, 0.4) is 0 Å². The van der Waals surface area contributed by atoms with E-state index in [2.05, 4.69) is 10.6 Å². The molecule has 0 bridgehead atoms. The maximum atomic E-state index is 12.3. The van der Waals surface area contributed by atoms with E-state index in [1.54, 1.807) is 30.3 Å². The quantitative estimate of drug-likeness (QED) is 0.560. The molecule has 0 radical (unpaired) electrons. The highest BCUT2D eigenvalue weighted by molar-refractivity contribution is 5.91. The molecule has 0 aliphatic carbocycles. The van der Waals surface area contributed by atoms with Crippen LogP contribution in [-0.2, 0) is 9.59 Å². The predicted octanol–water partition coefficient (Wildman–Crippen LogP) is 0.556. The van der Waals surface area contributed by atoms with Crippen molar-refractivity contribution in [1.82, 2.24) is 10.6 Å². The number of primary amides is 2. The Morgan fingerprint density at radius 3 is 2.23 bits per heavy atom. The molecule has 4 amide bonds. The highest BCUT2D eigenvalue weighted by atomic mass is 16.2. The van der Waals surface area contributed by atoms with Crippen LogP contribution in [0.2, 0.25) is 0 Å². The smallest absolute Gasteiger partial charge is 0.312 e. The van der Waals surface area contributed by atoms with Crippen LogP contribution in [0.1, 0.15) is 37.8 Å². The second kappa shape index (κ2) is 8.66. The molecular formula is C15H22N4O3. The van der Waals surface area contributed by atoms with Gasteiger partial charge < -0.3 is 22.1 Å². The zero-order valence-corrected chi connectivity index (χ0v) is 12.5. The summed E-state index contributed by atoms with van der Waals surface area (Å²) < 4.78 is 0. The lowest BCUT2D eigenvalue weighted by molar-refractivity contribution is -0.128. The van der Waals surface area contributed by atoms with Gasteiger partial charge in [-0.25, -0.2) is 4.79 Å². The monoisotopic (exact) mass is 306 g/mol. The summed E-state index contributed by atoms with van der Waals surface area (Å²) in [6, 6.07) is 6.14. The van der Waals surface area contributed by atoms with Gasteiger partial charge in [0.2, 0.25) is 11.8 Å². The van der Waals surface area contributed by atoms with Crippen molar-refractivity contribution in [3.8, 4) is 0 Å². The van der Waals surface area contributed by atoms with E-state index in [0.717, 1.165) is 12.8 Å². The normalized spacial score (nSPS) is 13.0. The minimum Gasteiger partial charge on any atom is -0.368 e. The molecule has 7 heteroatoms. The molecular weight excluding hydrogens is 284 g/mol. The van der Waals surface area contributed by atoms with E-state index in [-0.39, 0.29) is 0 Å². The Morgan fingerprint density at radius 2 is 1.73 bits per heavy atom. The summed E-state index contributed by atoms with van der Waals surface area (Å²) in [7, 11) is 0. The Balaban J connectivity index is 2.83. The van der Waals surface area contributed by atoms with Crippen molar-refractivity contribution in [3.63, 3.8) is 0 Å². The van der Waals surface area contributed by atoms with Crippen molar-refractivity contribution in [1.29, 1.82) is 0 Å². The highest BCUT2D eigenvalue weighted by Crippen LogP contribution is 2.13. The Kier molecular flexibility index (Phi) is 6.88. The number of hydrogen-bond donors (Lipinski definition) is 4. The first kappa shape index (κ1) is 17.5. The van der Waals surface area contributed by atoms with Gasteiger partial charge in [0.05, 0.1) is 0 Å². The number of nitrogens with two attached hydrogens (primary N) is 2. The molecule has 2 atom stereocenters. The van der Waals surface area contributed by atoms with Gasteiger partial charge in [0, 0.05) is 0 Å². The van der Waals surface area contributed by atoms with Crippen molar-refractivity contribution in [3.05, 3.63) is 35.9 Å². The highest BCUT2D eigenvalue weighted by Gasteiger charge is 2.25. The van der Waals surface area contributed by atoms with E-state index in [0.29, 0.717) is 12.0 Å². The first-order valence-corrected chi connectivity index (χ1v) is 7.16. The lowest BCUT2D eigenvalue weighted by Gasteiger charge is -2.21. The molecule has 0 aromatic heterocycles. The van der Waals surface area contributed by atoms with Gasteiger partial charge in [0.1, 0.15) is 12.1 Å². The standard InChI is InChI=1S/C15H22N4O3/c1-2-3-9-11(18-15(17)22)14(21)19-12(13(16)20)10-7-5-4-6-8-10/h4-8,11-12H,2-3,9H2,1H3,(H2,16,20)(H,19,21)(H3,17,18,22)/t11-,12+/m0/s1. The first-order chi connectivity index (χ1) is 10.5. The largest absolute Gasteiger partial charge is 0.368 e. The van der Waals surface area contributed by atoms with Crippen LogP contribution >= 0.6 is 0 Å². The zero-order chi connectivity index (χ0) is 16.5. The van der Waals surface area contributed by atoms with Crippen LogP contribution in [0.25, 0.3) is 0 Å². The first-order valence-electron chi connectivity index (χ1n) is 7.16. The lowest BCUT2D eigenvalue weighted by Crippen LogP contribution is -2.50. The third-order valence-electron chi connectivity index (χ3n) is 3.18. The van der Waals surface area contributed by atoms with Gasteiger partial charge in [-0.15, -0.1) is 0 Å². The fourth-order valence-electron chi connectivity index (χ4n) is 2.06. The van der Waals surface area contributed by atoms with Gasteiger partial charge >= 0.3 is 6.03 Å². The topological polar surface area (TPSA) is 127 Å². The molecule has 22 heavy (non-hydrogen) atoms. The average molecular weight is 306 g/mol. The molecule has 7 nitrogen and oxygen atoms in total. The second-order valence-electron chi connectivity index (χ2n) is 4.96. The fourth-order valence-corrected chi connectivity index (χ4v) is 2.06. The average Bonchev–Trinajstić information content (AvgIpc) is 2.49.